The highest BCUT2D eigenvalue weighted by Crippen LogP contribution is 2.16. The second-order valence-electron chi connectivity index (χ2n) is 5.57. The van der Waals surface area contributed by atoms with E-state index < -0.39 is 5.97 Å². The van der Waals surface area contributed by atoms with Crippen molar-refractivity contribution in [2.24, 2.45) is 0 Å². The Balaban J connectivity index is 1.95. The van der Waals surface area contributed by atoms with Crippen LogP contribution in [-0.4, -0.2) is 33.4 Å². The Hall–Kier alpha value is -2.83. The van der Waals surface area contributed by atoms with E-state index >= 15 is 0 Å². The van der Waals surface area contributed by atoms with Crippen LogP contribution in [0.4, 0.5) is 4.79 Å². The molecule has 128 valence electrons. The minimum absolute atomic E-state index is 0.0427. The van der Waals surface area contributed by atoms with Crippen molar-refractivity contribution in [3.63, 3.8) is 0 Å². The summed E-state index contributed by atoms with van der Waals surface area (Å²) in [7, 11) is 0. The van der Waals surface area contributed by atoms with Gasteiger partial charge in [0.1, 0.15) is 0 Å². The zero-order chi connectivity index (χ0) is 17.5. The first-order valence-electron chi connectivity index (χ1n) is 7.82. The van der Waals surface area contributed by atoms with E-state index in [-0.39, 0.29) is 12.5 Å². The predicted molar refractivity (Wildman–Crippen MR) is 90.1 cm³/mol. The van der Waals surface area contributed by atoms with Gasteiger partial charge < -0.3 is 15.7 Å². The second-order valence-corrected chi connectivity index (χ2v) is 5.57. The average molecular weight is 330 g/mol. The summed E-state index contributed by atoms with van der Waals surface area (Å²) in [6.45, 7) is 4.62. The molecule has 1 aromatic heterocycles. The number of carboxylic acid groups (broad SMARTS) is 1. The molecule has 2 amide bonds. The molecule has 0 fully saturated rings. The molecule has 0 aliphatic heterocycles. The number of nitrogens with zero attached hydrogens (tertiary/aromatic N) is 2. The van der Waals surface area contributed by atoms with Gasteiger partial charge in [-0.2, -0.15) is 5.10 Å². The summed E-state index contributed by atoms with van der Waals surface area (Å²) in [6, 6.07) is 9.43. The molecule has 7 heteroatoms. The highest BCUT2D eigenvalue weighted by molar-refractivity contribution is 5.74. The van der Waals surface area contributed by atoms with Crippen molar-refractivity contribution in [3.05, 3.63) is 47.3 Å². The first kappa shape index (κ1) is 17.5. The molecule has 1 heterocycles. The van der Waals surface area contributed by atoms with Crippen LogP contribution >= 0.6 is 0 Å². The Labute approximate surface area is 140 Å². The first-order chi connectivity index (χ1) is 11.5. The third-order valence-corrected chi connectivity index (χ3v) is 3.52. The normalized spacial score (nSPS) is 10.4. The maximum Gasteiger partial charge on any atom is 0.315 e. The van der Waals surface area contributed by atoms with Crippen molar-refractivity contribution in [3.8, 4) is 5.69 Å². The van der Waals surface area contributed by atoms with Crippen LogP contribution in [0.15, 0.2) is 30.3 Å². The first-order valence-corrected chi connectivity index (χ1v) is 7.82. The molecular weight excluding hydrogens is 308 g/mol. The van der Waals surface area contributed by atoms with Gasteiger partial charge in [0.15, 0.2) is 0 Å². The number of aliphatic carboxylic acids is 1. The van der Waals surface area contributed by atoms with Crippen molar-refractivity contribution in [1.82, 2.24) is 20.4 Å². The SMILES string of the molecule is Cc1cc(C)n(-c2ccccc2CNC(=O)NCCCC(=O)O)n1. The van der Waals surface area contributed by atoms with E-state index in [0.29, 0.717) is 19.5 Å². The second kappa shape index (κ2) is 8.14. The van der Waals surface area contributed by atoms with Crippen molar-refractivity contribution in [2.45, 2.75) is 33.2 Å². The van der Waals surface area contributed by atoms with Gasteiger partial charge in [-0.3, -0.25) is 4.79 Å². The van der Waals surface area contributed by atoms with Gasteiger partial charge in [0.2, 0.25) is 0 Å². The molecule has 0 saturated heterocycles. The van der Waals surface area contributed by atoms with Gasteiger partial charge in [0, 0.05) is 25.2 Å². The van der Waals surface area contributed by atoms with Crippen LogP contribution in [0.2, 0.25) is 0 Å². The summed E-state index contributed by atoms with van der Waals surface area (Å²) in [5.74, 6) is -0.865. The van der Waals surface area contributed by atoms with Gasteiger partial charge in [-0.1, -0.05) is 18.2 Å². The van der Waals surface area contributed by atoms with Crippen molar-refractivity contribution in [2.75, 3.05) is 6.54 Å². The maximum absolute atomic E-state index is 11.8. The van der Waals surface area contributed by atoms with Gasteiger partial charge in [-0.25, -0.2) is 9.48 Å². The molecule has 0 atom stereocenters. The van der Waals surface area contributed by atoms with E-state index in [1.54, 1.807) is 0 Å². The highest BCUT2D eigenvalue weighted by atomic mass is 16.4. The number of hydrogen-bond acceptors (Lipinski definition) is 3. The van der Waals surface area contributed by atoms with Gasteiger partial charge in [0.25, 0.3) is 0 Å². The molecular formula is C17H22N4O3. The topological polar surface area (TPSA) is 96.2 Å². The molecule has 24 heavy (non-hydrogen) atoms. The van der Waals surface area contributed by atoms with Gasteiger partial charge in [-0.05, 0) is 38.0 Å². The third kappa shape index (κ3) is 4.84. The lowest BCUT2D eigenvalue weighted by molar-refractivity contribution is -0.137. The lowest BCUT2D eigenvalue weighted by Gasteiger charge is -2.12. The molecule has 7 nitrogen and oxygen atoms in total. The summed E-state index contributed by atoms with van der Waals surface area (Å²) < 4.78 is 1.86. The fourth-order valence-corrected chi connectivity index (χ4v) is 2.42. The average Bonchev–Trinajstić information content (AvgIpc) is 2.88. The quantitative estimate of drug-likeness (QED) is 0.678. The number of benzene rings is 1. The van der Waals surface area contributed by atoms with E-state index in [1.165, 1.54) is 0 Å². The van der Waals surface area contributed by atoms with Crippen molar-refractivity contribution >= 4 is 12.0 Å². The number of nitrogens with one attached hydrogen (secondary N) is 2. The highest BCUT2D eigenvalue weighted by Gasteiger charge is 2.09. The number of carbonyl (C=O) groups is 2. The van der Waals surface area contributed by atoms with E-state index in [2.05, 4.69) is 15.7 Å². The number of carboxylic acids is 1. The Morgan fingerprint density at radius 1 is 1.21 bits per heavy atom. The molecule has 0 unspecified atom stereocenters. The summed E-state index contributed by atoms with van der Waals surface area (Å²) in [5.41, 5.74) is 3.84. The Morgan fingerprint density at radius 3 is 2.62 bits per heavy atom. The smallest absolute Gasteiger partial charge is 0.315 e. The fourth-order valence-electron chi connectivity index (χ4n) is 2.42. The number of para-hydroxylation sites is 1. The standard InChI is InChI=1S/C17H22N4O3/c1-12-10-13(2)21(20-12)15-7-4-3-6-14(15)11-19-17(24)18-9-5-8-16(22)23/h3-4,6-7,10H,5,8-9,11H2,1-2H3,(H,22,23)(H2,18,19,24). The summed E-state index contributed by atoms with van der Waals surface area (Å²) >= 11 is 0. The van der Waals surface area contributed by atoms with Crippen LogP contribution in [0.5, 0.6) is 0 Å². The fraction of sp³-hybridized carbons (Fsp3) is 0.353. The van der Waals surface area contributed by atoms with E-state index in [4.69, 9.17) is 5.11 Å². The number of carbonyl (C=O) groups excluding carboxylic acids is 1. The van der Waals surface area contributed by atoms with Gasteiger partial charge in [0.05, 0.1) is 11.4 Å². The van der Waals surface area contributed by atoms with E-state index in [1.807, 2.05) is 48.9 Å². The molecule has 0 spiro atoms. The van der Waals surface area contributed by atoms with Crippen LogP contribution in [0, 0.1) is 13.8 Å². The van der Waals surface area contributed by atoms with Crippen molar-refractivity contribution in [1.29, 1.82) is 0 Å². The van der Waals surface area contributed by atoms with Gasteiger partial charge in [-0.15, -0.1) is 0 Å². The van der Waals surface area contributed by atoms with Crippen LogP contribution in [-0.2, 0) is 11.3 Å². The Bertz CT molecular complexity index is 724. The third-order valence-electron chi connectivity index (χ3n) is 3.52. The molecule has 0 aliphatic rings. The number of aromatic nitrogens is 2. The molecule has 3 N–H and O–H groups in total. The number of amides is 2. The summed E-state index contributed by atoms with van der Waals surface area (Å²) in [5, 5.41) is 18.5. The lowest BCUT2D eigenvalue weighted by Crippen LogP contribution is -2.35. The van der Waals surface area contributed by atoms with Crippen LogP contribution in [0.3, 0.4) is 0 Å². The van der Waals surface area contributed by atoms with Crippen LogP contribution in [0.25, 0.3) is 5.69 Å². The van der Waals surface area contributed by atoms with Crippen LogP contribution in [0.1, 0.15) is 29.8 Å². The predicted octanol–water partition coefficient (Wildman–Crippen LogP) is 2.15. The lowest BCUT2D eigenvalue weighted by atomic mass is 10.1. The minimum Gasteiger partial charge on any atom is -0.481 e. The molecule has 1 aromatic carbocycles. The van der Waals surface area contributed by atoms with E-state index in [0.717, 1.165) is 22.6 Å². The minimum atomic E-state index is -0.865. The summed E-state index contributed by atoms with van der Waals surface area (Å²) in [6.07, 6.45) is 0.451. The zero-order valence-corrected chi connectivity index (χ0v) is 13.9. The molecule has 0 saturated carbocycles. The zero-order valence-electron chi connectivity index (χ0n) is 13.9. The summed E-state index contributed by atoms with van der Waals surface area (Å²) in [4.78, 5) is 22.2. The monoisotopic (exact) mass is 330 g/mol. The number of urea groups is 1. The largest absolute Gasteiger partial charge is 0.481 e. The van der Waals surface area contributed by atoms with E-state index in [9.17, 15) is 9.59 Å². The van der Waals surface area contributed by atoms with Gasteiger partial charge >= 0.3 is 12.0 Å². The Kier molecular flexibility index (Phi) is 5.95. The molecule has 0 aliphatic carbocycles. The maximum atomic E-state index is 11.8. The molecule has 0 bridgehead atoms. The van der Waals surface area contributed by atoms with Crippen LogP contribution < -0.4 is 10.6 Å². The molecule has 0 radical (unpaired) electrons. The molecule has 2 rings (SSSR count). The number of rotatable bonds is 7. The molecule has 2 aromatic rings. The Morgan fingerprint density at radius 2 is 1.96 bits per heavy atom. The number of aryl methyl sites for hydroxylation is 2. The van der Waals surface area contributed by atoms with Crippen molar-refractivity contribution < 1.29 is 14.7 Å². The number of hydrogen-bond donors (Lipinski definition) is 3.